The van der Waals surface area contributed by atoms with Crippen molar-refractivity contribution in [3.05, 3.63) is 83.9 Å². The number of ketones is 1. The van der Waals surface area contributed by atoms with Gasteiger partial charge in [-0.2, -0.15) is 0 Å². The summed E-state index contributed by atoms with van der Waals surface area (Å²) in [5.41, 5.74) is 4.95. The van der Waals surface area contributed by atoms with E-state index < -0.39 is 17.3 Å². The Balaban J connectivity index is 1.90. The summed E-state index contributed by atoms with van der Waals surface area (Å²) in [6.45, 7) is 8.56. The Morgan fingerprint density at radius 3 is 2.31 bits per heavy atom. The number of Topliss-reactive ketones (excluding diaryl/α,β-unsaturated/α-hetero) is 1. The molecule has 0 saturated heterocycles. The van der Waals surface area contributed by atoms with Crippen LogP contribution in [0, 0.1) is 5.41 Å². The Labute approximate surface area is 210 Å². The lowest BCUT2D eigenvalue weighted by atomic mass is 9.84. The van der Waals surface area contributed by atoms with Crippen LogP contribution in [0.15, 0.2) is 67.1 Å². The number of aromatic nitrogens is 3. The SMILES string of the molecule is CC(=N)C(C(C)=O)c1cnc2c(-c3ccc(C(C)(C)C(=O)O)cc3)cn([C@@H](C)c3ccccn3)c2c1. The summed E-state index contributed by atoms with van der Waals surface area (Å²) in [6.07, 6.45) is 5.46. The van der Waals surface area contributed by atoms with Crippen LogP contribution in [0.1, 0.15) is 63.4 Å². The lowest BCUT2D eigenvalue weighted by molar-refractivity contribution is -0.142. The minimum absolute atomic E-state index is 0.101. The highest BCUT2D eigenvalue weighted by atomic mass is 16.4. The maximum absolute atomic E-state index is 12.3. The van der Waals surface area contributed by atoms with Crippen LogP contribution in [0.2, 0.25) is 0 Å². The molecule has 7 heteroatoms. The number of rotatable bonds is 8. The molecule has 0 saturated carbocycles. The molecule has 1 aromatic carbocycles. The molecule has 1 unspecified atom stereocenters. The van der Waals surface area contributed by atoms with Crippen molar-refractivity contribution in [1.82, 2.24) is 14.5 Å². The molecular formula is C29H30N4O3. The Hall–Kier alpha value is -4.13. The quantitative estimate of drug-likeness (QED) is 0.309. The number of hydrogen-bond acceptors (Lipinski definition) is 5. The third-order valence-corrected chi connectivity index (χ3v) is 6.85. The average molecular weight is 483 g/mol. The van der Waals surface area contributed by atoms with Crippen molar-refractivity contribution in [2.75, 3.05) is 0 Å². The predicted molar refractivity (Wildman–Crippen MR) is 141 cm³/mol. The minimum Gasteiger partial charge on any atom is -0.481 e. The van der Waals surface area contributed by atoms with Crippen LogP contribution < -0.4 is 0 Å². The molecule has 2 N–H and O–H groups in total. The van der Waals surface area contributed by atoms with Gasteiger partial charge in [-0.05, 0) is 69.5 Å². The van der Waals surface area contributed by atoms with Gasteiger partial charge in [0.1, 0.15) is 5.78 Å². The summed E-state index contributed by atoms with van der Waals surface area (Å²) in [7, 11) is 0. The minimum atomic E-state index is -1.00. The Kier molecular flexibility index (Phi) is 6.59. The largest absolute Gasteiger partial charge is 0.481 e. The molecular weight excluding hydrogens is 452 g/mol. The zero-order valence-electron chi connectivity index (χ0n) is 21.1. The van der Waals surface area contributed by atoms with E-state index in [0.717, 1.165) is 27.9 Å². The van der Waals surface area contributed by atoms with E-state index in [0.29, 0.717) is 11.1 Å². The number of carboxylic acid groups (broad SMARTS) is 1. The monoisotopic (exact) mass is 482 g/mol. The van der Waals surface area contributed by atoms with Crippen LogP contribution in [-0.4, -0.2) is 37.1 Å². The lowest BCUT2D eigenvalue weighted by Gasteiger charge is -2.19. The summed E-state index contributed by atoms with van der Waals surface area (Å²) in [6, 6.07) is 15.1. The molecule has 0 radical (unpaired) electrons. The fraction of sp³-hybridized carbons (Fsp3) is 0.276. The van der Waals surface area contributed by atoms with Crippen molar-refractivity contribution in [3.63, 3.8) is 0 Å². The zero-order chi connectivity index (χ0) is 26.2. The molecule has 0 aliphatic carbocycles. The first kappa shape index (κ1) is 25.0. The first-order chi connectivity index (χ1) is 17.0. The third kappa shape index (κ3) is 4.44. The lowest BCUT2D eigenvalue weighted by Crippen LogP contribution is -2.28. The number of nitrogens with one attached hydrogen (secondary N) is 1. The van der Waals surface area contributed by atoms with Crippen LogP contribution in [0.4, 0.5) is 0 Å². The average Bonchev–Trinajstić information content (AvgIpc) is 3.22. The van der Waals surface area contributed by atoms with Gasteiger partial charge in [0.15, 0.2) is 0 Å². The molecule has 4 aromatic rings. The number of carboxylic acids is 1. The standard InChI is InChI=1S/C29H30N4O3/c1-17(30)26(19(3)34)21-14-25-27(32-15-21)23(16-33(25)18(2)24-8-6-7-13-31-24)20-9-11-22(12-10-20)29(4,5)28(35)36/h6-16,18,26,30H,1-5H3,(H,35,36)/t18-,26?/m0/s1. The van der Waals surface area contributed by atoms with Gasteiger partial charge < -0.3 is 15.1 Å². The molecule has 3 aromatic heterocycles. The van der Waals surface area contributed by atoms with Gasteiger partial charge in [0.2, 0.25) is 0 Å². The second-order valence-corrected chi connectivity index (χ2v) is 9.75. The topological polar surface area (TPSA) is 109 Å². The van der Waals surface area contributed by atoms with E-state index in [-0.39, 0.29) is 17.5 Å². The molecule has 0 spiro atoms. The van der Waals surface area contributed by atoms with Crippen LogP contribution in [-0.2, 0) is 15.0 Å². The Bertz CT molecular complexity index is 1440. The van der Waals surface area contributed by atoms with Crippen molar-refractivity contribution < 1.29 is 14.7 Å². The summed E-state index contributed by atoms with van der Waals surface area (Å²) >= 11 is 0. The van der Waals surface area contributed by atoms with E-state index in [1.807, 2.05) is 54.7 Å². The molecule has 184 valence electrons. The van der Waals surface area contributed by atoms with Gasteiger partial charge >= 0.3 is 5.97 Å². The molecule has 0 amide bonds. The van der Waals surface area contributed by atoms with Crippen LogP contribution in [0.3, 0.4) is 0 Å². The van der Waals surface area contributed by atoms with Gasteiger partial charge in [-0.1, -0.05) is 30.3 Å². The molecule has 3 heterocycles. The fourth-order valence-electron chi connectivity index (χ4n) is 4.58. The molecule has 0 aliphatic heterocycles. The fourth-order valence-corrected chi connectivity index (χ4v) is 4.58. The number of carbonyl (C=O) groups is 2. The maximum atomic E-state index is 12.3. The summed E-state index contributed by atoms with van der Waals surface area (Å²) in [5.74, 6) is -1.63. The van der Waals surface area contributed by atoms with Gasteiger partial charge in [0.25, 0.3) is 0 Å². The number of carbonyl (C=O) groups excluding carboxylic acids is 1. The number of benzene rings is 1. The summed E-state index contributed by atoms with van der Waals surface area (Å²) in [5, 5.41) is 17.7. The first-order valence-electron chi connectivity index (χ1n) is 11.8. The smallest absolute Gasteiger partial charge is 0.313 e. The van der Waals surface area contributed by atoms with E-state index in [1.54, 1.807) is 33.2 Å². The van der Waals surface area contributed by atoms with Gasteiger partial charge in [0, 0.05) is 29.9 Å². The number of hydrogen-bond donors (Lipinski definition) is 2. The van der Waals surface area contributed by atoms with Gasteiger partial charge in [-0.15, -0.1) is 0 Å². The number of aliphatic carboxylic acids is 1. The van der Waals surface area contributed by atoms with E-state index in [2.05, 4.69) is 16.5 Å². The molecule has 7 nitrogen and oxygen atoms in total. The van der Waals surface area contributed by atoms with E-state index in [1.165, 1.54) is 6.92 Å². The first-order valence-corrected chi connectivity index (χ1v) is 11.8. The third-order valence-electron chi connectivity index (χ3n) is 6.85. The second kappa shape index (κ2) is 9.49. The van der Waals surface area contributed by atoms with Crippen molar-refractivity contribution >= 4 is 28.5 Å². The van der Waals surface area contributed by atoms with Crippen molar-refractivity contribution in [2.24, 2.45) is 0 Å². The predicted octanol–water partition coefficient (Wildman–Crippen LogP) is 5.78. The molecule has 0 fully saturated rings. The second-order valence-electron chi connectivity index (χ2n) is 9.75. The highest BCUT2D eigenvalue weighted by Crippen LogP contribution is 2.35. The molecule has 0 aliphatic rings. The highest BCUT2D eigenvalue weighted by molar-refractivity contribution is 6.07. The Morgan fingerprint density at radius 1 is 1.06 bits per heavy atom. The normalized spacial score (nSPS) is 13.4. The van der Waals surface area contributed by atoms with Crippen LogP contribution in [0.5, 0.6) is 0 Å². The molecule has 0 bridgehead atoms. The number of nitrogens with zero attached hydrogens (tertiary/aromatic N) is 3. The zero-order valence-corrected chi connectivity index (χ0v) is 21.1. The number of pyridine rings is 2. The van der Waals surface area contributed by atoms with Crippen molar-refractivity contribution in [2.45, 2.75) is 52.0 Å². The van der Waals surface area contributed by atoms with Crippen LogP contribution in [0.25, 0.3) is 22.2 Å². The van der Waals surface area contributed by atoms with Crippen LogP contribution >= 0.6 is 0 Å². The van der Waals surface area contributed by atoms with Gasteiger partial charge in [-0.3, -0.25) is 19.6 Å². The number of fused-ring (bicyclic) bond motifs is 1. The molecule has 4 rings (SSSR count). The molecule has 36 heavy (non-hydrogen) atoms. The Morgan fingerprint density at radius 2 is 1.75 bits per heavy atom. The summed E-state index contributed by atoms with van der Waals surface area (Å²) in [4.78, 5) is 33.3. The molecule has 2 atom stereocenters. The summed E-state index contributed by atoms with van der Waals surface area (Å²) < 4.78 is 2.09. The van der Waals surface area contributed by atoms with E-state index in [4.69, 9.17) is 10.4 Å². The van der Waals surface area contributed by atoms with E-state index >= 15 is 0 Å². The maximum Gasteiger partial charge on any atom is 0.313 e. The van der Waals surface area contributed by atoms with Gasteiger partial charge in [0.05, 0.1) is 34.1 Å². The van der Waals surface area contributed by atoms with E-state index in [9.17, 15) is 14.7 Å². The highest BCUT2D eigenvalue weighted by Gasteiger charge is 2.29. The van der Waals surface area contributed by atoms with Crippen molar-refractivity contribution in [3.8, 4) is 11.1 Å². The van der Waals surface area contributed by atoms with Crippen molar-refractivity contribution in [1.29, 1.82) is 5.41 Å². The van der Waals surface area contributed by atoms with Gasteiger partial charge in [-0.25, -0.2) is 0 Å².